The zero-order valence-electron chi connectivity index (χ0n) is 50.6. The van der Waals surface area contributed by atoms with Crippen LogP contribution in [0.5, 0.6) is 0 Å². The van der Waals surface area contributed by atoms with E-state index in [1.54, 1.807) is 0 Å². The molecule has 2 aromatic heterocycles. The summed E-state index contributed by atoms with van der Waals surface area (Å²) in [5.74, 6) is 0. The smallest absolute Gasteiger partial charge is 0.0476 e. The van der Waals surface area contributed by atoms with Crippen LogP contribution in [0.2, 0.25) is 0 Å². The lowest BCUT2D eigenvalue weighted by Gasteiger charge is -2.31. The van der Waals surface area contributed by atoms with E-state index in [4.69, 9.17) is 0 Å². The van der Waals surface area contributed by atoms with Gasteiger partial charge in [-0.05, 0) is 193 Å². The first-order valence-electron chi connectivity index (χ1n) is 31.6. The summed E-state index contributed by atoms with van der Waals surface area (Å²) in [6.45, 7) is 4.66. The van der Waals surface area contributed by atoms with Crippen molar-refractivity contribution in [2.24, 2.45) is 0 Å². The van der Waals surface area contributed by atoms with Crippen LogP contribution in [0.15, 0.2) is 315 Å². The minimum atomic E-state index is -0.330. The van der Waals surface area contributed by atoms with Crippen LogP contribution in [-0.4, -0.2) is 0 Å². The van der Waals surface area contributed by atoms with Crippen LogP contribution in [0.1, 0.15) is 47.2 Å². The summed E-state index contributed by atoms with van der Waals surface area (Å²) in [5, 5.41) is 7.77. The third-order valence-corrected chi connectivity index (χ3v) is 21.4. The highest BCUT2D eigenvalue weighted by Crippen LogP contribution is 2.54. The molecular formula is C87H62N2S2. The van der Waals surface area contributed by atoms with Crippen LogP contribution in [0.25, 0.3) is 95.6 Å². The molecule has 0 atom stereocenters. The van der Waals surface area contributed by atoms with Crippen molar-refractivity contribution >= 4 is 108 Å². The van der Waals surface area contributed by atoms with E-state index < -0.39 is 0 Å². The van der Waals surface area contributed by atoms with Gasteiger partial charge in [0.15, 0.2) is 0 Å². The molecule has 0 saturated heterocycles. The van der Waals surface area contributed by atoms with Crippen molar-refractivity contribution in [3.63, 3.8) is 0 Å². The van der Waals surface area contributed by atoms with Crippen molar-refractivity contribution in [3.05, 3.63) is 349 Å². The SMILES string of the molecule is CCc1ccccc1-c1ccccc1Cc1cccc(N(c2ccc(-c3ccccc3)cc2)c2ccc3c(c2)sc2ccc4c(ccc5sc6cc(N(c7ccc(-c8ccccc8)cc7)c7cccc(C8(C)c9ccccc9-c9ccccc98)c7)ccc6c54)c23)c1. The highest BCUT2D eigenvalue weighted by molar-refractivity contribution is 7.26. The van der Waals surface area contributed by atoms with Crippen LogP contribution < -0.4 is 9.80 Å². The Morgan fingerprint density at radius 1 is 0.297 bits per heavy atom. The summed E-state index contributed by atoms with van der Waals surface area (Å²) in [4.78, 5) is 4.90. The largest absolute Gasteiger partial charge is 0.310 e. The van der Waals surface area contributed by atoms with E-state index in [-0.39, 0.29) is 5.41 Å². The van der Waals surface area contributed by atoms with E-state index in [0.717, 1.165) is 47.0 Å². The molecule has 0 N–H and O–H groups in total. The van der Waals surface area contributed by atoms with Gasteiger partial charge in [0.1, 0.15) is 0 Å². The van der Waals surface area contributed by atoms with Crippen molar-refractivity contribution in [1.82, 2.24) is 0 Å². The molecule has 14 aromatic carbocycles. The van der Waals surface area contributed by atoms with E-state index in [1.165, 1.54) is 129 Å². The number of anilines is 6. The second-order valence-electron chi connectivity index (χ2n) is 24.3. The third kappa shape index (κ3) is 9.36. The lowest BCUT2D eigenvalue weighted by atomic mass is 9.74. The first-order chi connectivity index (χ1) is 44.9. The van der Waals surface area contributed by atoms with Gasteiger partial charge in [0.25, 0.3) is 0 Å². The molecule has 17 rings (SSSR count). The van der Waals surface area contributed by atoms with Crippen molar-refractivity contribution in [1.29, 1.82) is 0 Å². The topological polar surface area (TPSA) is 6.48 Å². The Hall–Kier alpha value is -10.6. The van der Waals surface area contributed by atoms with Gasteiger partial charge in [-0.3, -0.25) is 0 Å². The summed E-state index contributed by atoms with van der Waals surface area (Å²) in [7, 11) is 0. The van der Waals surface area contributed by atoms with Crippen molar-refractivity contribution in [3.8, 4) is 44.5 Å². The molecule has 0 amide bonds. The van der Waals surface area contributed by atoms with E-state index in [1.807, 2.05) is 22.7 Å². The second-order valence-corrected chi connectivity index (χ2v) is 26.5. The van der Waals surface area contributed by atoms with E-state index >= 15 is 0 Å². The molecule has 1 aliphatic rings. The van der Waals surface area contributed by atoms with Gasteiger partial charge in [0.2, 0.25) is 0 Å². The standard InChI is InChI=1S/C87H62N2S2/c1-3-58-21-10-12-30-71(58)72-31-13-11-26-63(72)52-57-20-18-28-67(53-57)88(65-40-36-61(37-41-65)59-22-6-4-7-23-59)69-44-46-77-83(55-69)90-81-50-48-76-75(85(77)81)49-51-82-86(76)78-47-45-70(56-84(78)91-82)89(66-42-38-62(39-43-66)60-24-8-5-9-25-60)68-29-19-27-64(54-68)87(2)79-34-16-14-32-73(79)74-33-15-17-35-80(74)87/h4-51,53-56H,3,52H2,1-2H3. The highest BCUT2D eigenvalue weighted by Gasteiger charge is 2.40. The molecule has 91 heavy (non-hydrogen) atoms. The average molecular weight is 1200 g/mol. The molecule has 0 aliphatic heterocycles. The van der Waals surface area contributed by atoms with Gasteiger partial charge in [-0.25, -0.2) is 0 Å². The molecule has 2 heterocycles. The minimum absolute atomic E-state index is 0.330. The van der Waals surface area contributed by atoms with Crippen molar-refractivity contribution in [2.75, 3.05) is 9.80 Å². The summed E-state index contributed by atoms with van der Waals surface area (Å²) >= 11 is 3.78. The van der Waals surface area contributed by atoms with Gasteiger partial charge in [0.05, 0.1) is 0 Å². The number of fused-ring (bicyclic) bond motifs is 12. The fourth-order valence-electron chi connectivity index (χ4n) is 14.7. The monoisotopic (exact) mass is 1200 g/mol. The Morgan fingerprint density at radius 3 is 1.23 bits per heavy atom. The third-order valence-electron chi connectivity index (χ3n) is 19.2. The van der Waals surface area contributed by atoms with Gasteiger partial charge in [-0.1, -0.05) is 237 Å². The predicted octanol–water partition coefficient (Wildman–Crippen LogP) is 25.0. The highest BCUT2D eigenvalue weighted by atomic mass is 32.1. The molecule has 16 aromatic rings. The zero-order valence-corrected chi connectivity index (χ0v) is 52.3. The Labute approximate surface area is 539 Å². The Morgan fingerprint density at radius 2 is 0.703 bits per heavy atom. The minimum Gasteiger partial charge on any atom is -0.310 e. The first-order valence-corrected chi connectivity index (χ1v) is 33.3. The van der Waals surface area contributed by atoms with Crippen LogP contribution in [0.4, 0.5) is 34.1 Å². The summed E-state index contributed by atoms with van der Waals surface area (Å²) < 4.78 is 5.11. The number of nitrogens with zero attached hydrogens (tertiary/aromatic N) is 2. The van der Waals surface area contributed by atoms with E-state index in [9.17, 15) is 0 Å². The number of aryl methyl sites for hydroxylation is 1. The number of rotatable bonds is 13. The molecule has 2 nitrogen and oxygen atoms in total. The number of hydrogen-bond donors (Lipinski definition) is 0. The maximum absolute atomic E-state index is 2.46. The normalized spacial score (nSPS) is 12.5. The predicted molar refractivity (Wildman–Crippen MR) is 391 cm³/mol. The maximum Gasteiger partial charge on any atom is 0.0476 e. The van der Waals surface area contributed by atoms with Gasteiger partial charge < -0.3 is 9.80 Å². The van der Waals surface area contributed by atoms with Crippen LogP contribution in [-0.2, 0) is 18.3 Å². The Kier molecular flexibility index (Phi) is 13.5. The molecule has 432 valence electrons. The summed E-state index contributed by atoms with van der Waals surface area (Å²) in [6.07, 6.45) is 1.81. The molecule has 0 radical (unpaired) electrons. The molecule has 0 bridgehead atoms. The lowest BCUT2D eigenvalue weighted by molar-refractivity contribution is 0.714. The molecular weight excluding hydrogens is 1140 g/mol. The molecule has 0 saturated carbocycles. The number of hydrogen-bond acceptors (Lipinski definition) is 4. The first kappa shape index (κ1) is 54.5. The number of benzene rings is 14. The van der Waals surface area contributed by atoms with Gasteiger partial charge in [-0.2, -0.15) is 0 Å². The van der Waals surface area contributed by atoms with E-state index in [0.29, 0.717) is 0 Å². The summed E-state index contributed by atoms with van der Waals surface area (Å²) in [5.41, 5.74) is 24.4. The molecule has 0 fully saturated rings. The fraction of sp³-hybridized carbons (Fsp3) is 0.0575. The lowest BCUT2D eigenvalue weighted by Crippen LogP contribution is -2.23. The second kappa shape index (κ2) is 22.5. The van der Waals surface area contributed by atoms with Crippen LogP contribution in [0, 0.1) is 0 Å². The Balaban J connectivity index is 0.759. The van der Waals surface area contributed by atoms with Gasteiger partial charge in [0, 0.05) is 79.9 Å². The average Bonchev–Trinajstić information content (AvgIpc) is 1.63. The van der Waals surface area contributed by atoms with Crippen molar-refractivity contribution < 1.29 is 0 Å². The summed E-state index contributed by atoms with van der Waals surface area (Å²) in [6, 6.07) is 118. The van der Waals surface area contributed by atoms with Crippen LogP contribution >= 0.6 is 22.7 Å². The van der Waals surface area contributed by atoms with Gasteiger partial charge in [-0.15, -0.1) is 22.7 Å². The van der Waals surface area contributed by atoms with Gasteiger partial charge >= 0.3 is 0 Å². The quantitative estimate of drug-likeness (QED) is 0.114. The number of thiophene rings is 2. The molecule has 4 heteroatoms. The fourth-order valence-corrected chi connectivity index (χ4v) is 17.1. The van der Waals surface area contributed by atoms with Crippen molar-refractivity contribution in [2.45, 2.75) is 32.1 Å². The molecule has 0 spiro atoms. The molecule has 0 unspecified atom stereocenters. The van der Waals surface area contributed by atoms with E-state index in [2.05, 4.69) is 339 Å². The Bertz CT molecular complexity index is 5400. The zero-order chi connectivity index (χ0) is 60.6. The van der Waals surface area contributed by atoms with Crippen LogP contribution in [0.3, 0.4) is 0 Å². The maximum atomic E-state index is 2.46. The molecule has 1 aliphatic carbocycles.